The van der Waals surface area contributed by atoms with Gasteiger partial charge in [0, 0.05) is 0 Å². The Morgan fingerprint density at radius 1 is 0.944 bits per heavy atom. The SMILES string of the molecule is CCc1ccc(C=C/C=C/C=C/CO)cc1CC. The van der Waals surface area contributed by atoms with Gasteiger partial charge in [0.25, 0.3) is 0 Å². The molecule has 1 heteroatoms. The number of allylic oxidation sites excluding steroid dienone is 4. The number of rotatable bonds is 6. The molecule has 0 aliphatic rings. The Labute approximate surface area is 110 Å². The average molecular weight is 242 g/mol. The summed E-state index contributed by atoms with van der Waals surface area (Å²) in [7, 11) is 0. The summed E-state index contributed by atoms with van der Waals surface area (Å²) < 4.78 is 0. The molecular formula is C17H22O. The second-order valence-electron chi connectivity index (χ2n) is 4.09. The van der Waals surface area contributed by atoms with Crippen LogP contribution in [0.5, 0.6) is 0 Å². The van der Waals surface area contributed by atoms with Crippen LogP contribution in [0.2, 0.25) is 0 Å². The fourth-order valence-electron chi connectivity index (χ4n) is 1.86. The third-order valence-electron chi connectivity index (χ3n) is 2.86. The number of hydrogen-bond donors (Lipinski definition) is 1. The zero-order valence-electron chi connectivity index (χ0n) is 11.3. The zero-order chi connectivity index (χ0) is 13.2. The minimum atomic E-state index is 0.0897. The first kappa shape index (κ1) is 14.5. The molecule has 18 heavy (non-hydrogen) atoms. The van der Waals surface area contributed by atoms with Crippen LogP contribution in [0, 0.1) is 0 Å². The second kappa shape index (κ2) is 8.48. The Balaban J connectivity index is 2.70. The molecule has 96 valence electrons. The fourth-order valence-corrected chi connectivity index (χ4v) is 1.86. The normalized spacial score (nSPS) is 12.2. The van der Waals surface area contributed by atoms with Gasteiger partial charge in [0.15, 0.2) is 0 Å². The largest absolute Gasteiger partial charge is 0.392 e. The third-order valence-corrected chi connectivity index (χ3v) is 2.86. The lowest BCUT2D eigenvalue weighted by atomic mass is 10.00. The van der Waals surface area contributed by atoms with Crippen LogP contribution < -0.4 is 0 Å². The van der Waals surface area contributed by atoms with Gasteiger partial charge >= 0.3 is 0 Å². The van der Waals surface area contributed by atoms with Crippen molar-refractivity contribution in [2.45, 2.75) is 26.7 Å². The predicted molar refractivity (Wildman–Crippen MR) is 79.6 cm³/mol. The van der Waals surface area contributed by atoms with Gasteiger partial charge in [0.05, 0.1) is 6.61 Å². The molecule has 1 N–H and O–H groups in total. The number of benzene rings is 1. The molecule has 1 aromatic carbocycles. The zero-order valence-corrected chi connectivity index (χ0v) is 11.3. The van der Waals surface area contributed by atoms with Crippen molar-refractivity contribution >= 4 is 6.08 Å². The first-order valence-corrected chi connectivity index (χ1v) is 6.54. The van der Waals surface area contributed by atoms with Crippen LogP contribution >= 0.6 is 0 Å². The minimum absolute atomic E-state index is 0.0897. The topological polar surface area (TPSA) is 20.2 Å². The predicted octanol–water partition coefficient (Wildman–Crippen LogP) is 3.93. The van der Waals surface area contributed by atoms with E-state index in [-0.39, 0.29) is 6.61 Å². The summed E-state index contributed by atoms with van der Waals surface area (Å²) in [5.74, 6) is 0. The van der Waals surface area contributed by atoms with Crippen LogP contribution in [0.4, 0.5) is 0 Å². The fraction of sp³-hybridized carbons (Fsp3) is 0.294. The molecule has 0 atom stereocenters. The molecule has 0 saturated heterocycles. The Hall–Kier alpha value is -1.60. The molecule has 0 amide bonds. The molecule has 1 rings (SSSR count). The summed E-state index contributed by atoms with van der Waals surface area (Å²) in [5.41, 5.74) is 4.11. The maximum Gasteiger partial charge on any atom is 0.0615 e. The number of aliphatic hydroxyl groups excluding tert-OH is 1. The number of hydrogen-bond acceptors (Lipinski definition) is 1. The monoisotopic (exact) mass is 242 g/mol. The second-order valence-corrected chi connectivity index (χ2v) is 4.09. The van der Waals surface area contributed by atoms with Crippen molar-refractivity contribution in [2.24, 2.45) is 0 Å². The summed E-state index contributed by atoms with van der Waals surface area (Å²) in [6.45, 7) is 4.48. The van der Waals surface area contributed by atoms with E-state index in [1.54, 1.807) is 6.08 Å². The van der Waals surface area contributed by atoms with Gasteiger partial charge in [-0.1, -0.05) is 68.5 Å². The van der Waals surface area contributed by atoms with Gasteiger partial charge in [0.2, 0.25) is 0 Å². The van der Waals surface area contributed by atoms with Crippen molar-refractivity contribution in [1.82, 2.24) is 0 Å². The molecule has 0 saturated carbocycles. The average Bonchev–Trinajstić information content (AvgIpc) is 2.42. The smallest absolute Gasteiger partial charge is 0.0615 e. The molecule has 0 unspecified atom stereocenters. The van der Waals surface area contributed by atoms with Gasteiger partial charge in [-0.05, 0) is 29.5 Å². The van der Waals surface area contributed by atoms with E-state index >= 15 is 0 Å². The summed E-state index contributed by atoms with van der Waals surface area (Å²) in [4.78, 5) is 0. The Morgan fingerprint density at radius 3 is 2.33 bits per heavy atom. The summed E-state index contributed by atoms with van der Waals surface area (Å²) in [6, 6.07) is 6.63. The molecule has 0 heterocycles. The van der Waals surface area contributed by atoms with Gasteiger partial charge in [-0.25, -0.2) is 0 Å². The van der Waals surface area contributed by atoms with E-state index in [1.807, 2.05) is 24.3 Å². The van der Waals surface area contributed by atoms with E-state index in [0.717, 1.165) is 12.8 Å². The highest BCUT2D eigenvalue weighted by molar-refractivity contribution is 5.53. The molecule has 0 aliphatic carbocycles. The molecule has 0 spiro atoms. The highest BCUT2D eigenvalue weighted by atomic mass is 16.2. The van der Waals surface area contributed by atoms with Crippen LogP contribution in [0.3, 0.4) is 0 Å². The van der Waals surface area contributed by atoms with Gasteiger partial charge in [-0.2, -0.15) is 0 Å². The number of aliphatic hydroxyl groups is 1. The lowest BCUT2D eigenvalue weighted by Gasteiger charge is -2.06. The maximum atomic E-state index is 8.57. The van der Waals surface area contributed by atoms with E-state index in [4.69, 9.17) is 5.11 Å². The van der Waals surface area contributed by atoms with Crippen LogP contribution in [0.25, 0.3) is 6.08 Å². The molecule has 0 bridgehead atoms. The molecule has 0 radical (unpaired) electrons. The van der Waals surface area contributed by atoms with E-state index in [0.29, 0.717) is 0 Å². The lowest BCUT2D eigenvalue weighted by Crippen LogP contribution is -1.91. The first-order valence-electron chi connectivity index (χ1n) is 6.54. The summed E-state index contributed by atoms with van der Waals surface area (Å²) >= 11 is 0. The quantitative estimate of drug-likeness (QED) is 0.749. The van der Waals surface area contributed by atoms with Crippen LogP contribution in [-0.2, 0) is 12.8 Å². The standard InChI is InChI=1S/C17H22O/c1-3-16-12-11-15(14-17(16)4-2)10-8-6-5-7-9-13-18/h5-12,14,18H,3-4,13H2,1-2H3/b6-5+,9-7+,10-8?. The van der Waals surface area contributed by atoms with Crippen LogP contribution in [-0.4, -0.2) is 11.7 Å². The molecule has 0 aliphatic heterocycles. The highest BCUT2D eigenvalue weighted by Crippen LogP contribution is 2.14. The third kappa shape index (κ3) is 4.72. The Kier molecular flexibility index (Phi) is 6.82. The van der Waals surface area contributed by atoms with Crippen molar-refractivity contribution in [3.05, 3.63) is 65.3 Å². The number of aryl methyl sites for hydroxylation is 2. The van der Waals surface area contributed by atoms with E-state index in [2.05, 4.69) is 38.1 Å². The Bertz CT molecular complexity index is 439. The minimum Gasteiger partial charge on any atom is -0.392 e. The molecule has 1 nitrogen and oxygen atoms in total. The molecule has 1 aromatic rings. The van der Waals surface area contributed by atoms with Crippen molar-refractivity contribution in [3.8, 4) is 0 Å². The van der Waals surface area contributed by atoms with E-state index in [9.17, 15) is 0 Å². The Morgan fingerprint density at radius 2 is 1.67 bits per heavy atom. The molecule has 0 aromatic heterocycles. The van der Waals surface area contributed by atoms with Crippen molar-refractivity contribution in [2.75, 3.05) is 6.61 Å². The van der Waals surface area contributed by atoms with Crippen LogP contribution in [0.15, 0.2) is 48.6 Å². The van der Waals surface area contributed by atoms with Crippen molar-refractivity contribution in [1.29, 1.82) is 0 Å². The molecule has 0 fully saturated rings. The summed E-state index contributed by atoms with van der Waals surface area (Å²) in [5, 5.41) is 8.57. The van der Waals surface area contributed by atoms with Gasteiger partial charge in [0.1, 0.15) is 0 Å². The van der Waals surface area contributed by atoms with Gasteiger partial charge < -0.3 is 5.11 Å². The van der Waals surface area contributed by atoms with Crippen molar-refractivity contribution < 1.29 is 5.11 Å². The van der Waals surface area contributed by atoms with Crippen molar-refractivity contribution in [3.63, 3.8) is 0 Å². The summed E-state index contributed by atoms with van der Waals surface area (Å²) in [6.07, 6.45) is 13.7. The van der Waals surface area contributed by atoms with Crippen LogP contribution in [0.1, 0.15) is 30.5 Å². The van der Waals surface area contributed by atoms with Gasteiger partial charge in [-0.3, -0.25) is 0 Å². The first-order chi connectivity index (χ1) is 8.81. The van der Waals surface area contributed by atoms with Gasteiger partial charge in [-0.15, -0.1) is 0 Å². The maximum absolute atomic E-state index is 8.57. The van der Waals surface area contributed by atoms with E-state index in [1.165, 1.54) is 16.7 Å². The molecular weight excluding hydrogens is 220 g/mol. The lowest BCUT2D eigenvalue weighted by molar-refractivity contribution is 0.343. The van der Waals surface area contributed by atoms with E-state index < -0.39 is 0 Å². The highest BCUT2D eigenvalue weighted by Gasteiger charge is 1.98.